The van der Waals surface area contributed by atoms with Gasteiger partial charge in [-0.15, -0.1) is 11.3 Å². The number of nitrogens with two attached hydrogens (primary N) is 1. The lowest BCUT2D eigenvalue weighted by Crippen LogP contribution is -2.26. The fourth-order valence-corrected chi connectivity index (χ4v) is 3.47. The molecule has 104 valence electrons. The molecule has 3 heterocycles. The van der Waals surface area contributed by atoms with Gasteiger partial charge in [0.2, 0.25) is 5.91 Å². The molecule has 0 aliphatic carbocycles. The van der Waals surface area contributed by atoms with E-state index in [1.165, 1.54) is 0 Å². The summed E-state index contributed by atoms with van der Waals surface area (Å²) < 4.78 is 0. The van der Waals surface area contributed by atoms with Gasteiger partial charge in [-0.05, 0) is 24.6 Å². The summed E-state index contributed by atoms with van der Waals surface area (Å²) in [6.07, 6.45) is 1.98. The maximum atomic E-state index is 12.1. The van der Waals surface area contributed by atoms with Gasteiger partial charge in [0.05, 0.1) is 5.69 Å². The minimum Gasteiger partial charge on any atom is -0.477 e. The van der Waals surface area contributed by atoms with Crippen LogP contribution in [0.25, 0.3) is 10.2 Å². The van der Waals surface area contributed by atoms with Gasteiger partial charge in [0.1, 0.15) is 9.71 Å². The molecule has 1 aliphatic heterocycles. The molecule has 0 spiro atoms. The fourth-order valence-electron chi connectivity index (χ4n) is 2.49. The number of anilines is 1. The van der Waals surface area contributed by atoms with E-state index in [4.69, 9.17) is 5.73 Å². The van der Waals surface area contributed by atoms with Crippen molar-refractivity contribution in [2.45, 2.75) is 6.42 Å². The van der Waals surface area contributed by atoms with E-state index in [9.17, 15) is 14.7 Å². The monoisotopic (exact) mass is 291 g/mol. The van der Waals surface area contributed by atoms with Gasteiger partial charge >= 0.3 is 5.97 Å². The molecule has 2 aromatic rings. The highest BCUT2D eigenvalue weighted by Crippen LogP contribution is 2.39. The van der Waals surface area contributed by atoms with Crippen LogP contribution in [0.5, 0.6) is 0 Å². The number of hydrogen-bond donors (Lipinski definition) is 2. The molecule has 0 aromatic carbocycles. The topological polar surface area (TPSA) is 96.5 Å². The second-order valence-electron chi connectivity index (χ2n) is 4.75. The summed E-state index contributed by atoms with van der Waals surface area (Å²) in [5.74, 6) is -1.03. The SMILES string of the molecule is NCC1CC(=O)N(c2c(C(=O)O)sc3ncccc23)C1. The van der Waals surface area contributed by atoms with E-state index in [1.807, 2.05) is 0 Å². The molecule has 1 saturated heterocycles. The average molecular weight is 291 g/mol. The van der Waals surface area contributed by atoms with Crippen LogP contribution in [-0.2, 0) is 4.79 Å². The molecular weight excluding hydrogens is 278 g/mol. The van der Waals surface area contributed by atoms with Crippen LogP contribution < -0.4 is 10.6 Å². The molecule has 1 aliphatic rings. The number of hydrogen-bond acceptors (Lipinski definition) is 5. The van der Waals surface area contributed by atoms with Crippen molar-refractivity contribution in [3.63, 3.8) is 0 Å². The number of carbonyl (C=O) groups excluding carboxylic acids is 1. The number of aromatic nitrogens is 1. The first-order valence-electron chi connectivity index (χ1n) is 6.23. The van der Waals surface area contributed by atoms with Gasteiger partial charge in [-0.3, -0.25) is 4.79 Å². The molecule has 1 amide bonds. The zero-order chi connectivity index (χ0) is 14.3. The number of fused-ring (bicyclic) bond motifs is 1. The van der Waals surface area contributed by atoms with Gasteiger partial charge in [0, 0.05) is 24.5 Å². The Morgan fingerprint density at radius 1 is 1.60 bits per heavy atom. The standard InChI is InChI=1S/C13H13N3O3S/c14-5-7-4-9(17)16(6-7)10-8-2-1-3-15-12(8)20-11(10)13(18)19/h1-3,7H,4-6,14H2,(H,18,19). The Kier molecular flexibility index (Phi) is 3.15. The predicted octanol–water partition coefficient (Wildman–Crippen LogP) is 1.31. The van der Waals surface area contributed by atoms with Crippen molar-refractivity contribution >= 4 is 39.1 Å². The highest BCUT2D eigenvalue weighted by atomic mass is 32.1. The van der Waals surface area contributed by atoms with Crippen molar-refractivity contribution < 1.29 is 14.7 Å². The first kappa shape index (κ1) is 13.0. The Morgan fingerprint density at radius 2 is 2.40 bits per heavy atom. The first-order valence-corrected chi connectivity index (χ1v) is 7.04. The molecule has 0 radical (unpaired) electrons. The van der Waals surface area contributed by atoms with Crippen LogP contribution in [0.15, 0.2) is 18.3 Å². The third kappa shape index (κ3) is 1.95. The number of aromatic carboxylic acids is 1. The molecular formula is C13H13N3O3S. The number of amides is 1. The summed E-state index contributed by atoms with van der Waals surface area (Å²) in [5, 5.41) is 10.1. The first-order chi connectivity index (χ1) is 9.61. The summed E-state index contributed by atoms with van der Waals surface area (Å²) in [7, 11) is 0. The number of pyridine rings is 1. The largest absolute Gasteiger partial charge is 0.477 e. The van der Waals surface area contributed by atoms with Crippen molar-refractivity contribution in [3.8, 4) is 0 Å². The van der Waals surface area contributed by atoms with Crippen molar-refractivity contribution in [1.29, 1.82) is 0 Å². The normalized spacial score (nSPS) is 18.9. The van der Waals surface area contributed by atoms with E-state index in [1.54, 1.807) is 23.2 Å². The van der Waals surface area contributed by atoms with Gasteiger partial charge in [0.25, 0.3) is 0 Å². The van der Waals surface area contributed by atoms with E-state index in [2.05, 4.69) is 4.98 Å². The summed E-state index contributed by atoms with van der Waals surface area (Å²) in [4.78, 5) is 30.0. The Morgan fingerprint density at radius 3 is 3.05 bits per heavy atom. The third-order valence-corrected chi connectivity index (χ3v) is 4.53. The lowest BCUT2D eigenvalue weighted by molar-refractivity contribution is -0.117. The van der Waals surface area contributed by atoms with E-state index in [0.717, 1.165) is 11.3 Å². The minimum absolute atomic E-state index is 0.0773. The summed E-state index contributed by atoms with van der Waals surface area (Å²) in [6.45, 7) is 0.890. The number of thiophene rings is 1. The van der Waals surface area contributed by atoms with Crippen LogP contribution in [0.1, 0.15) is 16.1 Å². The number of rotatable bonds is 3. The Bertz CT molecular complexity index is 697. The number of carbonyl (C=O) groups is 2. The van der Waals surface area contributed by atoms with Crippen LogP contribution in [0.2, 0.25) is 0 Å². The van der Waals surface area contributed by atoms with Gasteiger partial charge in [-0.1, -0.05) is 0 Å². The maximum Gasteiger partial charge on any atom is 0.348 e. The second kappa shape index (κ2) is 4.84. The van der Waals surface area contributed by atoms with E-state index >= 15 is 0 Å². The molecule has 3 N–H and O–H groups in total. The number of nitrogens with zero attached hydrogens (tertiary/aromatic N) is 2. The van der Waals surface area contributed by atoms with Crippen LogP contribution >= 0.6 is 11.3 Å². The van der Waals surface area contributed by atoms with Crippen LogP contribution in [0.3, 0.4) is 0 Å². The van der Waals surface area contributed by atoms with Crippen molar-refractivity contribution in [3.05, 3.63) is 23.2 Å². The molecule has 1 unspecified atom stereocenters. The molecule has 7 heteroatoms. The maximum absolute atomic E-state index is 12.1. The molecule has 6 nitrogen and oxygen atoms in total. The fraction of sp³-hybridized carbons (Fsp3) is 0.308. The summed E-state index contributed by atoms with van der Waals surface area (Å²) in [5.41, 5.74) is 6.08. The van der Waals surface area contributed by atoms with Crippen LogP contribution in [0, 0.1) is 5.92 Å². The smallest absolute Gasteiger partial charge is 0.348 e. The molecule has 1 atom stereocenters. The lowest BCUT2D eigenvalue weighted by Gasteiger charge is -2.16. The van der Waals surface area contributed by atoms with E-state index < -0.39 is 5.97 Å². The molecule has 3 rings (SSSR count). The quantitative estimate of drug-likeness (QED) is 0.888. The predicted molar refractivity (Wildman–Crippen MR) is 76.1 cm³/mol. The lowest BCUT2D eigenvalue weighted by atomic mass is 10.1. The van der Waals surface area contributed by atoms with Gasteiger partial charge in [-0.2, -0.15) is 0 Å². The zero-order valence-electron chi connectivity index (χ0n) is 10.6. The second-order valence-corrected chi connectivity index (χ2v) is 5.75. The van der Waals surface area contributed by atoms with E-state index in [0.29, 0.717) is 35.4 Å². The average Bonchev–Trinajstić information content (AvgIpc) is 2.98. The molecule has 1 fully saturated rings. The van der Waals surface area contributed by atoms with Crippen molar-refractivity contribution in [2.75, 3.05) is 18.0 Å². The molecule has 0 bridgehead atoms. The molecule has 20 heavy (non-hydrogen) atoms. The van der Waals surface area contributed by atoms with Crippen molar-refractivity contribution in [1.82, 2.24) is 4.98 Å². The minimum atomic E-state index is -1.04. The van der Waals surface area contributed by atoms with Crippen molar-refractivity contribution in [2.24, 2.45) is 11.7 Å². The third-order valence-electron chi connectivity index (χ3n) is 3.44. The summed E-state index contributed by atoms with van der Waals surface area (Å²) in [6, 6.07) is 3.54. The Balaban J connectivity index is 2.17. The van der Waals surface area contributed by atoms with Crippen LogP contribution in [-0.4, -0.2) is 35.1 Å². The number of carboxylic acid groups (broad SMARTS) is 1. The summed E-state index contributed by atoms with van der Waals surface area (Å²) >= 11 is 1.09. The number of carboxylic acids is 1. The highest BCUT2D eigenvalue weighted by Gasteiger charge is 2.34. The van der Waals surface area contributed by atoms with Gasteiger partial charge in [-0.25, -0.2) is 9.78 Å². The van der Waals surface area contributed by atoms with Crippen LogP contribution in [0.4, 0.5) is 5.69 Å². The van der Waals surface area contributed by atoms with Gasteiger partial charge in [0.15, 0.2) is 0 Å². The Labute approximate surface area is 118 Å². The molecule has 0 saturated carbocycles. The highest BCUT2D eigenvalue weighted by molar-refractivity contribution is 7.21. The Hall–Kier alpha value is -1.99. The molecule has 2 aromatic heterocycles. The van der Waals surface area contributed by atoms with Gasteiger partial charge < -0.3 is 15.7 Å². The van der Waals surface area contributed by atoms with E-state index in [-0.39, 0.29) is 16.7 Å². The zero-order valence-corrected chi connectivity index (χ0v) is 11.4.